The number of halogens is 1. The van der Waals surface area contributed by atoms with E-state index < -0.39 is 5.54 Å². The van der Waals surface area contributed by atoms with Crippen molar-refractivity contribution in [3.05, 3.63) is 35.2 Å². The predicted molar refractivity (Wildman–Crippen MR) is 100 cm³/mol. The van der Waals surface area contributed by atoms with E-state index in [9.17, 15) is 10.1 Å². The van der Waals surface area contributed by atoms with Crippen molar-refractivity contribution in [2.75, 3.05) is 5.75 Å². The third-order valence-corrected chi connectivity index (χ3v) is 5.32. The molecule has 1 N–H and O–H groups in total. The Morgan fingerprint density at radius 1 is 1.30 bits per heavy atom. The molecular weight excluding hydrogens is 388 g/mol. The fourth-order valence-electron chi connectivity index (χ4n) is 2.88. The van der Waals surface area contributed by atoms with Crippen LogP contribution >= 0.6 is 23.4 Å². The number of carbonyl (C=O) groups is 1. The Morgan fingerprint density at radius 3 is 2.74 bits per heavy atom. The van der Waals surface area contributed by atoms with E-state index in [0.29, 0.717) is 29.5 Å². The van der Waals surface area contributed by atoms with Crippen molar-refractivity contribution in [2.45, 2.75) is 49.5 Å². The summed E-state index contributed by atoms with van der Waals surface area (Å²) in [5.74, 6) is 0.859. The first-order valence-electron chi connectivity index (χ1n) is 8.64. The smallest absolute Gasteiger partial charge is 0.277 e. The van der Waals surface area contributed by atoms with Crippen molar-refractivity contribution in [1.82, 2.24) is 15.5 Å². The van der Waals surface area contributed by atoms with Crippen LogP contribution in [0, 0.1) is 11.3 Å². The second-order valence-corrected chi connectivity index (χ2v) is 7.66. The van der Waals surface area contributed by atoms with Gasteiger partial charge in [-0.15, -0.1) is 10.2 Å². The van der Waals surface area contributed by atoms with E-state index >= 15 is 0 Å². The summed E-state index contributed by atoms with van der Waals surface area (Å²) in [6.45, 7) is 0.124. The SMILES string of the molecule is N#CC1(NC(=O)CSc2nnc(COc3ccc(Cl)cc3)o2)CCCCC1. The maximum atomic E-state index is 12.2. The molecule has 1 aliphatic rings. The molecule has 0 bridgehead atoms. The van der Waals surface area contributed by atoms with Crippen molar-refractivity contribution in [1.29, 1.82) is 5.26 Å². The minimum atomic E-state index is -0.734. The van der Waals surface area contributed by atoms with Gasteiger partial charge >= 0.3 is 0 Å². The second-order valence-electron chi connectivity index (χ2n) is 6.30. The van der Waals surface area contributed by atoms with Gasteiger partial charge in [-0.05, 0) is 37.1 Å². The van der Waals surface area contributed by atoms with Crippen LogP contribution in [0.2, 0.25) is 5.02 Å². The highest BCUT2D eigenvalue weighted by molar-refractivity contribution is 7.99. The zero-order valence-corrected chi connectivity index (χ0v) is 16.2. The first-order chi connectivity index (χ1) is 13.1. The number of hydrogen-bond acceptors (Lipinski definition) is 7. The second kappa shape index (κ2) is 9.11. The number of ether oxygens (including phenoxy) is 1. The van der Waals surface area contributed by atoms with E-state index in [2.05, 4.69) is 21.6 Å². The number of benzene rings is 1. The van der Waals surface area contributed by atoms with E-state index in [0.717, 1.165) is 31.0 Å². The minimum Gasteiger partial charge on any atom is -0.484 e. The Labute approximate surface area is 166 Å². The van der Waals surface area contributed by atoms with Gasteiger partial charge in [-0.25, -0.2) is 0 Å². The highest BCUT2D eigenvalue weighted by Crippen LogP contribution is 2.28. The molecule has 7 nitrogen and oxygen atoms in total. The number of carbonyl (C=O) groups excluding carboxylic acids is 1. The van der Waals surface area contributed by atoms with Gasteiger partial charge < -0.3 is 14.5 Å². The third-order valence-electron chi connectivity index (χ3n) is 4.25. The molecule has 1 fully saturated rings. The van der Waals surface area contributed by atoms with Gasteiger partial charge in [0.2, 0.25) is 5.91 Å². The highest BCUT2D eigenvalue weighted by atomic mass is 35.5. The topological polar surface area (TPSA) is 101 Å². The molecular formula is C18H19ClN4O3S. The van der Waals surface area contributed by atoms with Gasteiger partial charge in [0.15, 0.2) is 6.61 Å². The molecule has 0 saturated heterocycles. The summed E-state index contributed by atoms with van der Waals surface area (Å²) in [6.07, 6.45) is 4.43. The number of nitrogens with zero attached hydrogens (tertiary/aromatic N) is 3. The summed E-state index contributed by atoms with van der Waals surface area (Å²) in [5.41, 5.74) is -0.734. The highest BCUT2D eigenvalue weighted by Gasteiger charge is 2.33. The molecule has 1 aromatic heterocycles. The molecule has 1 aromatic carbocycles. The zero-order valence-electron chi connectivity index (χ0n) is 14.6. The van der Waals surface area contributed by atoms with Crippen LogP contribution in [-0.2, 0) is 11.4 Å². The fourth-order valence-corrected chi connectivity index (χ4v) is 3.59. The van der Waals surface area contributed by atoms with Crippen molar-refractivity contribution >= 4 is 29.3 Å². The van der Waals surface area contributed by atoms with Crippen LogP contribution < -0.4 is 10.1 Å². The maximum absolute atomic E-state index is 12.2. The van der Waals surface area contributed by atoms with Gasteiger partial charge in [-0.3, -0.25) is 4.79 Å². The van der Waals surface area contributed by atoms with Crippen LogP contribution in [0.25, 0.3) is 0 Å². The van der Waals surface area contributed by atoms with Crippen LogP contribution in [0.15, 0.2) is 33.9 Å². The standard InChI is InChI=1S/C18H19ClN4O3S/c19-13-4-6-14(7-5-13)25-10-16-22-23-17(26-16)27-11-15(24)21-18(12-20)8-2-1-3-9-18/h4-7H,1-3,8-11H2,(H,21,24). The lowest BCUT2D eigenvalue weighted by molar-refractivity contribution is -0.120. The number of hydrogen-bond donors (Lipinski definition) is 1. The van der Waals surface area contributed by atoms with Crippen LogP contribution in [0.5, 0.6) is 5.75 Å². The fraction of sp³-hybridized carbons (Fsp3) is 0.444. The third kappa shape index (κ3) is 5.62. The van der Waals surface area contributed by atoms with Gasteiger partial charge in [0.25, 0.3) is 11.1 Å². The molecule has 0 aliphatic heterocycles. The number of aromatic nitrogens is 2. The molecule has 9 heteroatoms. The molecule has 0 unspecified atom stereocenters. The molecule has 0 atom stereocenters. The van der Waals surface area contributed by atoms with Crippen LogP contribution in [0.3, 0.4) is 0 Å². The molecule has 27 heavy (non-hydrogen) atoms. The van der Waals surface area contributed by atoms with E-state index in [1.165, 1.54) is 0 Å². The monoisotopic (exact) mass is 406 g/mol. The Balaban J connectivity index is 1.45. The van der Waals surface area contributed by atoms with Crippen molar-refractivity contribution < 1.29 is 13.9 Å². The molecule has 142 valence electrons. The minimum absolute atomic E-state index is 0.114. The van der Waals surface area contributed by atoms with Crippen LogP contribution in [0.4, 0.5) is 0 Å². The molecule has 0 radical (unpaired) electrons. The molecule has 1 heterocycles. The van der Waals surface area contributed by atoms with Gasteiger partial charge in [0.05, 0.1) is 11.8 Å². The van der Waals surface area contributed by atoms with Gasteiger partial charge in [0, 0.05) is 5.02 Å². The van der Waals surface area contributed by atoms with Crippen molar-refractivity contribution in [3.63, 3.8) is 0 Å². The predicted octanol–water partition coefficient (Wildman–Crippen LogP) is 3.74. The van der Waals surface area contributed by atoms with Crippen molar-refractivity contribution in [3.8, 4) is 11.8 Å². The first-order valence-corrected chi connectivity index (χ1v) is 10.0. The lowest BCUT2D eigenvalue weighted by Crippen LogP contribution is -2.49. The maximum Gasteiger partial charge on any atom is 0.277 e. The largest absolute Gasteiger partial charge is 0.484 e. The van der Waals surface area contributed by atoms with Crippen LogP contribution in [-0.4, -0.2) is 27.4 Å². The van der Waals surface area contributed by atoms with Crippen molar-refractivity contribution in [2.24, 2.45) is 0 Å². The summed E-state index contributed by atoms with van der Waals surface area (Å²) < 4.78 is 11.0. The van der Waals surface area contributed by atoms with E-state index in [1.54, 1.807) is 24.3 Å². The Bertz CT molecular complexity index is 813. The van der Waals surface area contributed by atoms with Crippen LogP contribution in [0.1, 0.15) is 38.0 Å². The number of thioether (sulfide) groups is 1. The normalized spacial score (nSPS) is 15.7. The average molecular weight is 407 g/mol. The molecule has 1 saturated carbocycles. The molecule has 1 aliphatic carbocycles. The van der Waals surface area contributed by atoms with Gasteiger partial charge in [-0.1, -0.05) is 42.6 Å². The Morgan fingerprint density at radius 2 is 2.04 bits per heavy atom. The number of amides is 1. The molecule has 1 amide bonds. The summed E-state index contributed by atoms with van der Waals surface area (Å²) in [4.78, 5) is 12.2. The summed E-state index contributed by atoms with van der Waals surface area (Å²) >= 11 is 6.96. The number of nitriles is 1. The molecule has 0 spiro atoms. The van der Waals surface area contributed by atoms with Gasteiger partial charge in [-0.2, -0.15) is 5.26 Å². The van der Waals surface area contributed by atoms with E-state index in [1.807, 2.05) is 0 Å². The Kier molecular flexibility index (Phi) is 6.58. The summed E-state index contributed by atoms with van der Waals surface area (Å²) in [5, 5.41) is 21.0. The lowest BCUT2D eigenvalue weighted by Gasteiger charge is -2.31. The zero-order chi connectivity index (χ0) is 19.1. The lowest BCUT2D eigenvalue weighted by atomic mass is 9.83. The van der Waals surface area contributed by atoms with E-state index in [4.69, 9.17) is 20.8 Å². The van der Waals surface area contributed by atoms with E-state index in [-0.39, 0.29) is 23.5 Å². The quantitative estimate of drug-likeness (QED) is 0.699. The number of nitrogens with one attached hydrogen (secondary N) is 1. The summed E-state index contributed by atoms with van der Waals surface area (Å²) in [6, 6.07) is 9.21. The molecule has 3 rings (SSSR count). The number of rotatable bonds is 7. The summed E-state index contributed by atoms with van der Waals surface area (Å²) in [7, 11) is 0. The first kappa shape index (κ1) is 19.5. The Hall–Kier alpha value is -2.24. The molecule has 2 aromatic rings. The van der Waals surface area contributed by atoms with Gasteiger partial charge in [0.1, 0.15) is 11.3 Å². The average Bonchev–Trinajstić information content (AvgIpc) is 3.15.